The summed E-state index contributed by atoms with van der Waals surface area (Å²) in [6.07, 6.45) is 5.74. The molecular formula is C28H43N5O10S. The van der Waals surface area contributed by atoms with E-state index in [1.54, 1.807) is 0 Å². The molecule has 3 aliphatic rings. The molecule has 0 bridgehead atoms. The molecule has 3 saturated heterocycles. The number of hydrogen-bond donors (Lipinski definition) is 4. The van der Waals surface area contributed by atoms with Crippen LogP contribution in [0.2, 0.25) is 0 Å². The van der Waals surface area contributed by atoms with E-state index in [0.29, 0.717) is 55.6 Å². The zero-order valence-electron chi connectivity index (χ0n) is 24.9. The number of unbranched alkanes of at least 4 members (excludes halogenated alkanes) is 4. The fourth-order valence-electron chi connectivity index (χ4n) is 4.98. The summed E-state index contributed by atoms with van der Waals surface area (Å²) in [5.41, 5.74) is 0. The molecule has 0 spiro atoms. The lowest BCUT2D eigenvalue weighted by molar-refractivity contribution is -0.197. The van der Waals surface area contributed by atoms with Crippen molar-refractivity contribution in [2.75, 3.05) is 38.7 Å². The first-order valence-corrected chi connectivity index (χ1v) is 16.3. The molecule has 3 aliphatic heterocycles. The van der Waals surface area contributed by atoms with Gasteiger partial charge in [-0.05, 0) is 25.7 Å². The summed E-state index contributed by atoms with van der Waals surface area (Å²) in [6, 6.07) is 0.309. The fourth-order valence-corrected chi connectivity index (χ4v) is 6.52. The lowest BCUT2D eigenvalue weighted by Gasteiger charge is -2.16. The molecule has 15 nitrogen and oxygen atoms in total. The smallest absolute Gasteiger partial charge is 0.333 e. The lowest BCUT2D eigenvalue weighted by Crippen LogP contribution is -2.36. The molecule has 0 aliphatic carbocycles. The minimum Gasteiger partial charge on any atom is -0.377 e. The summed E-state index contributed by atoms with van der Waals surface area (Å²) in [7, 11) is 0. The Hall–Kier alpha value is -3.24. The second kappa shape index (κ2) is 19.2. The third kappa shape index (κ3) is 12.8. The molecule has 0 aromatic rings. The van der Waals surface area contributed by atoms with E-state index in [2.05, 4.69) is 21.3 Å². The summed E-state index contributed by atoms with van der Waals surface area (Å²) < 4.78 is 10.6. The van der Waals surface area contributed by atoms with E-state index < -0.39 is 29.6 Å². The number of ether oxygens (including phenoxy) is 2. The maximum Gasteiger partial charge on any atom is 0.333 e. The van der Waals surface area contributed by atoms with Gasteiger partial charge in [0.25, 0.3) is 17.7 Å². The highest BCUT2D eigenvalue weighted by molar-refractivity contribution is 8.00. The van der Waals surface area contributed by atoms with Gasteiger partial charge in [-0.1, -0.05) is 19.3 Å². The molecule has 44 heavy (non-hydrogen) atoms. The second-order valence-corrected chi connectivity index (χ2v) is 12.1. The van der Waals surface area contributed by atoms with Crippen molar-refractivity contribution >= 4 is 53.3 Å². The summed E-state index contributed by atoms with van der Waals surface area (Å²) in [6.45, 7) is 0.808. The Labute approximate surface area is 260 Å². The van der Waals surface area contributed by atoms with Crippen LogP contribution in [0.15, 0.2) is 0 Å². The van der Waals surface area contributed by atoms with Crippen LogP contribution < -0.4 is 21.3 Å². The van der Waals surface area contributed by atoms with Crippen molar-refractivity contribution in [2.45, 2.75) is 94.4 Å². The first-order valence-electron chi connectivity index (χ1n) is 15.2. The Kier molecular flexibility index (Phi) is 15.4. The number of hydrogen-bond acceptors (Lipinski definition) is 11. The van der Waals surface area contributed by atoms with Gasteiger partial charge in [0.1, 0.15) is 6.61 Å². The number of nitrogens with one attached hydrogen (secondary N) is 4. The fraction of sp³-hybridized carbons (Fsp3) is 0.750. The van der Waals surface area contributed by atoms with Crippen LogP contribution in [0, 0.1) is 0 Å². The summed E-state index contributed by atoms with van der Waals surface area (Å²) in [5, 5.41) is 11.9. The minimum absolute atomic E-state index is 0.0333. The summed E-state index contributed by atoms with van der Waals surface area (Å²) >= 11 is 1.87. The highest BCUT2D eigenvalue weighted by Crippen LogP contribution is 2.33. The van der Waals surface area contributed by atoms with Gasteiger partial charge in [0, 0.05) is 49.7 Å². The quantitative estimate of drug-likeness (QED) is 0.0771. The van der Waals surface area contributed by atoms with Gasteiger partial charge in [-0.25, -0.2) is 9.59 Å². The summed E-state index contributed by atoms with van der Waals surface area (Å²) in [5.74, 6) is -1.75. The van der Waals surface area contributed by atoms with E-state index in [4.69, 9.17) is 14.3 Å². The highest BCUT2D eigenvalue weighted by Gasteiger charge is 2.42. The van der Waals surface area contributed by atoms with Crippen molar-refractivity contribution in [3.8, 4) is 0 Å². The molecule has 0 aromatic carbocycles. The van der Waals surface area contributed by atoms with Gasteiger partial charge in [0.15, 0.2) is 0 Å². The van der Waals surface area contributed by atoms with Crippen LogP contribution in [-0.2, 0) is 43.1 Å². The molecule has 246 valence electrons. The number of carbonyl (C=O) groups excluding carboxylic acids is 7. The van der Waals surface area contributed by atoms with E-state index in [9.17, 15) is 33.6 Å². The number of carbonyl (C=O) groups is 7. The van der Waals surface area contributed by atoms with Gasteiger partial charge in [-0.15, -0.1) is 5.06 Å². The van der Waals surface area contributed by atoms with Crippen LogP contribution in [0.4, 0.5) is 4.79 Å². The van der Waals surface area contributed by atoms with Crippen molar-refractivity contribution in [3.63, 3.8) is 0 Å². The topological polar surface area (TPSA) is 199 Å². The van der Waals surface area contributed by atoms with E-state index in [0.717, 1.165) is 25.0 Å². The molecule has 0 aromatic heterocycles. The Morgan fingerprint density at radius 2 is 1.48 bits per heavy atom. The molecular weight excluding hydrogens is 598 g/mol. The maximum absolute atomic E-state index is 12.0. The lowest BCUT2D eigenvalue weighted by atomic mass is 10.0. The Bertz CT molecular complexity index is 1030. The second-order valence-electron chi connectivity index (χ2n) is 10.8. The number of hydroxylamine groups is 2. The molecule has 16 heteroatoms. The monoisotopic (exact) mass is 641 g/mol. The van der Waals surface area contributed by atoms with E-state index >= 15 is 0 Å². The van der Waals surface area contributed by atoms with Crippen molar-refractivity contribution in [1.29, 1.82) is 0 Å². The van der Waals surface area contributed by atoms with Gasteiger partial charge >= 0.3 is 12.0 Å². The molecule has 3 rings (SSSR count). The average molecular weight is 642 g/mol. The molecule has 0 unspecified atom stereocenters. The van der Waals surface area contributed by atoms with E-state index in [1.807, 2.05) is 11.8 Å². The van der Waals surface area contributed by atoms with Crippen molar-refractivity contribution in [3.05, 3.63) is 0 Å². The molecule has 0 saturated carbocycles. The van der Waals surface area contributed by atoms with Crippen LogP contribution in [0.5, 0.6) is 0 Å². The molecule has 3 atom stereocenters. The predicted molar refractivity (Wildman–Crippen MR) is 157 cm³/mol. The SMILES string of the molecule is O=C(CCCC[C@@H]1SC[C@@H]2NC(=O)N[C@@H]21)NCCOCCOCC(=O)NC(=O)CCCCCCC(=O)ON1C(=O)CCC1=O. The van der Waals surface area contributed by atoms with Crippen LogP contribution in [-0.4, -0.2) is 103 Å². The van der Waals surface area contributed by atoms with E-state index in [1.165, 1.54) is 0 Å². The van der Waals surface area contributed by atoms with Gasteiger partial charge < -0.3 is 30.3 Å². The Morgan fingerprint density at radius 3 is 2.25 bits per heavy atom. The minimum atomic E-state index is -0.649. The van der Waals surface area contributed by atoms with Crippen LogP contribution in [0.1, 0.15) is 77.0 Å². The number of rotatable bonds is 21. The Balaban J connectivity index is 1.05. The zero-order chi connectivity index (χ0) is 31.7. The highest BCUT2D eigenvalue weighted by atomic mass is 32.2. The van der Waals surface area contributed by atoms with E-state index in [-0.39, 0.29) is 69.5 Å². The number of amides is 7. The normalized spacial score (nSPS) is 20.7. The van der Waals surface area contributed by atoms with Crippen LogP contribution in [0.25, 0.3) is 0 Å². The third-order valence-electron chi connectivity index (χ3n) is 7.27. The van der Waals surface area contributed by atoms with Crippen molar-refractivity contribution in [2.24, 2.45) is 0 Å². The van der Waals surface area contributed by atoms with Crippen molar-refractivity contribution in [1.82, 2.24) is 26.3 Å². The zero-order valence-corrected chi connectivity index (χ0v) is 25.7. The molecule has 4 N–H and O–H groups in total. The van der Waals surface area contributed by atoms with Crippen LogP contribution in [0.3, 0.4) is 0 Å². The average Bonchev–Trinajstić information content (AvgIpc) is 3.64. The van der Waals surface area contributed by atoms with Crippen molar-refractivity contribution < 1.29 is 47.9 Å². The molecule has 3 heterocycles. The van der Waals surface area contributed by atoms with Gasteiger partial charge in [0.05, 0.1) is 31.9 Å². The predicted octanol–water partition coefficient (Wildman–Crippen LogP) is 0.452. The molecule has 0 radical (unpaired) electrons. The van der Waals surface area contributed by atoms with Gasteiger partial charge in [-0.2, -0.15) is 11.8 Å². The summed E-state index contributed by atoms with van der Waals surface area (Å²) in [4.78, 5) is 86.6. The number of imide groups is 2. The first-order chi connectivity index (χ1) is 21.2. The number of fused-ring (bicyclic) bond motifs is 1. The van der Waals surface area contributed by atoms with Gasteiger partial charge in [-0.3, -0.25) is 29.3 Å². The molecule has 3 fully saturated rings. The number of thioether (sulfide) groups is 1. The standard InChI is InChI=1S/C28H43N5O10S/c34-21(8-6-5-7-20-27-19(18-44-20)30-28(40)32-27)29-13-14-41-15-16-42-17-23(36)31-22(35)9-3-1-2-4-10-26(39)43-33-24(37)11-12-25(33)38/h19-20,27H,1-18H2,(H,29,34)(H2,30,32,40)(H,31,35,36)/t19-,20-,27-/m0/s1. The van der Waals surface area contributed by atoms with Gasteiger partial charge in [0.2, 0.25) is 11.8 Å². The molecule has 7 amide bonds. The first kappa shape index (κ1) is 35.2. The van der Waals surface area contributed by atoms with Crippen LogP contribution >= 0.6 is 11.8 Å². The number of nitrogens with zero attached hydrogens (tertiary/aromatic N) is 1. The number of urea groups is 1. The third-order valence-corrected chi connectivity index (χ3v) is 8.78. The Morgan fingerprint density at radius 1 is 0.795 bits per heavy atom. The maximum atomic E-state index is 12.0. The largest absolute Gasteiger partial charge is 0.377 e.